The number of nitrogens with zero attached hydrogens (tertiary/aromatic N) is 2. The van der Waals surface area contributed by atoms with Crippen LogP contribution in [0.1, 0.15) is 0 Å². The topological polar surface area (TPSA) is 53.9 Å². The molecule has 2 heterocycles. The Morgan fingerprint density at radius 1 is 1.00 bits per heavy atom. The fourth-order valence-corrected chi connectivity index (χ4v) is 1.59. The zero-order valence-corrected chi connectivity index (χ0v) is 10.3. The van der Waals surface area contributed by atoms with Gasteiger partial charge in [0.2, 0.25) is 0 Å². The lowest BCUT2D eigenvalue weighted by Gasteiger charge is -2.11. The van der Waals surface area contributed by atoms with Crippen LogP contribution in [0.2, 0.25) is 0 Å². The summed E-state index contributed by atoms with van der Waals surface area (Å²) >= 11 is 0. The maximum absolute atomic E-state index is 3.92. The van der Waals surface area contributed by atoms with Gasteiger partial charge in [0.15, 0.2) is 0 Å². The summed E-state index contributed by atoms with van der Waals surface area (Å²) in [6.45, 7) is 4.56. The van der Waals surface area contributed by atoms with Crippen molar-refractivity contribution < 1.29 is 0 Å². The van der Waals surface area contributed by atoms with Gasteiger partial charge >= 0.3 is 0 Å². The van der Waals surface area contributed by atoms with Gasteiger partial charge in [0.1, 0.15) is 6.33 Å². The number of aromatic nitrogens is 2. The minimum absolute atomic E-state index is 1.05. The van der Waals surface area contributed by atoms with Crippen LogP contribution in [0, 0.1) is 0 Å². The summed E-state index contributed by atoms with van der Waals surface area (Å²) in [6.07, 6.45) is 5.30. The van der Waals surface area contributed by atoms with Crippen LogP contribution in [0.15, 0.2) is 49.1 Å². The Morgan fingerprint density at radius 2 is 1.67 bits per heavy atom. The number of para-hydroxylation sites is 1. The van der Waals surface area contributed by atoms with Gasteiger partial charge < -0.3 is 10.6 Å². The minimum Gasteiger partial charge on any atom is -0.314 e. The van der Waals surface area contributed by atoms with E-state index >= 15 is 0 Å². The van der Waals surface area contributed by atoms with Crippen LogP contribution in [-0.4, -0.2) is 35.8 Å². The average Bonchev–Trinajstić information content (AvgIpc) is 2.96. The van der Waals surface area contributed by atoms with Gasteiger partial charge in [-0.3, -0.25) is 10.1 Å². The number of piperazine rings is 1. The van der Waals surface area contributed by atoms with E-state index in [2.05, 4.69) is 21.0 Å². The fraction of sp³-hybridized carbons (Fsp3) is 0.308. The number of hydrogen-bond acceptors (Lipinski definition) is 4. The molecule has 96 valence electrons. The first-order valence-electron chi connectivity index (χ1n) is 6.16. The highest BCUT2D eigenvalue weighted by Crippen LogP contribution is 2.04. The summed E-state index contributed by atoms with van der Waals surface area (Å²) in [7, 11) is 0. The third-order valence-electron chi connectivity index (χ3n) is 2.49. The van der Waals surface area contributed by atoms with E-state index in [4.69, 9.17) is 0 Å². The lowest BCUT2D eigenvalue weighted by Crippen LogP contribution is -2.39. The van der Waals surface area contributed by atoms with E-state index < -0.39 is 0 Å². The Morgan fingerprint density at radius 3 is 2.17 bits per heavy atom. The summed E-state index contributed by atoms with van der Waals surface area (Å²) in [5.41, 5.74) is 4.19. The number of rotatable bonds is 2. The van der Waals surface area contributed by atoms with Crippen molar-refractivity contribution in [2.75, 3.05) is 31.6 Å². The number of hydrogen-bond donors (Lipinski definition) is 3. The summed E-state index contributed by atoms with van der Waals surface area (Å²) in [5.74, 6) is 0. The Labute approximate surface area is 107 Å². The third-order valence-corrected chi connectivity index (χ3v) is 2.49. The molecule has 1 aromatic carbocycles. The fourth-order valence-electron chi connectivity index (χ4n) is 1.59. The molecule has 3 N–H and O–H groups in total. The van der Waals surface area contributed by atoms with Gasteiger partial charge in [0.25, 0.3) is 0 Å². The molecular formula is C13H19N5. The molecule has 1 aromatic heterocycles. The molecule has 18 heavy (non-hydrogen) atoms. The molecule has 0 atom stereocenters. The molecule has 0 unspecified atom stereocenters. The van der Waals surface area contributed by atoms with E-state index in [1.165, 1.54) is 0 Å². The highest BCUT2D eigenvalue weighted by molar-refractivity contribution is 5.41. The molecule has 2 aromatic rings. The quantitative estimate of drug-likeness (QED) is 0.737. The Kier molecular flexibility index (Phi) is 5.23. The first-order valence-corrected chi connectivity index (χ1v) is 6.16. The van der Waals surface area contributed by atoms with Gasteiger partial charge in [0, 0.05) is 38.6 Å². The maximum Gasteiger partial charge on any atom is 0.114 e. The van der Waals surface area contributed by atoms with Crippen LogP contribution in [0.3, 0.4) is 0 Å². The summed E-state index contributed by atoms with van der Waals surface area (Å²) in [6, 6.07) is 9.96. The van der Waals surface area contributed by atoms with Gasteiger partial charge in [-0.15, -0.1) is 0 Å². The van der Waals surface area contributed by atoms with Gasteiger partial charge in [-0.2, -0.15) is 0 Å². The van der Waals surface area contributed by atoms with Gasteiger partial charge in [-0.25, -0.2) is 4.98 Å². The van der Waals surface area contributed by atoms with Crippen molar-refractivity contribution in [1.82, 2.24) is 20.3 Å². The van der Waals surface area contributed by atoms with Crippen LogP contribution >= 0.6 is 0 Å². The highest BCUT2D eigenvalue weighted by atomic mass is 15.4. The van der Waals surface area contributed by atoms with Crippen LogP contribution in [0.4, 0.5) is 5.69 Å². The molecule has 0 saturated carbocycles. The summed E-state index contributed by atoms with van der Waals surface area (Å²) in [5, 5.41) is 6.44. The molecule has 0 radical (unpaired) electrons. The second-order valence-corrected chi connectivity index (χ2v) is 3.95. The Bertz CT molecular complexity index is 397. The molecular weight excluding hydrogens is 226 g/mol. The molecule has 1 fully saturated rings. The van der Waals surface area contributed by atoms with E-state index in [9.17, 15) is 0 Å². The van der Waals surface area contributed by atoms with Crippen LogP contribution in [0.5, 0.6) is 0 Å². The third kappa shape index (κ3) is 4.57. The van der Waals surface area contributed by atoms with Crippen molar-refractivity contribution in [1.29, 1.82) is 0 Å². The van der Waals surface area contributed by atoms with Crippen molar-refractivity contribution in [2.24, 2.45) is 0 Å². The molecule has 0 amide bonds. The monoisotopic (exact) mass is 245 g/mol. The van der Waals surface area contributed by atoms with E-state index in [0.29, 0.717) is 0 Å². The normalized spacial score (nSPS) is 14.4. The standard InChI is InChI=1S/C9H9N3.C4H10N2/c1-2-4-9(5-3-1)11-12-7-6-10-8-12;1-2-6-4-3-5-1/h1-8,11H;5-6H,1-4H2. The zero-order valence-electron chi connectivity index (χ0n) is 10.3. The number of benzene rings is 1. The lowest BCUT2D eigenvalue weighted by molar-refractivity contribution is 0.534. The highest BCUT2D eigenvalue weighted by Gasteiger charge is 1.91. The van der Waals surface area contributed by atoms with Crippen LogP contribution in [0.25, 0.3) is 0 Å². The lowest BCUT2D eigenvalue weighted by atomic mass is 10.3. The molecule has 0 spiro atoms. The average molecular weight is 245 g/mol. The van der Waals surface area contributed by atoms with Crippen molar-refractivity contribution in [3.05, 3.63) is 49.1 Å². The molecule has 0 aliphatic carbocycles. The smallest absolute Gasteiger partial charge is 0.114 e. The number of imidazole rings is 1. The SMILES string of the molecule is C1CNCCN1.c1ccc(Nn2ccnc2)cc1. The van der Waals surface area contributed by atoms with E-state index in [1.807, 2.05) is 36.5 Å². The predicted octanol–water partition coefficient (Wildman–Crippen LogP) is 0.937. The Balaban J connectivity index is 0.000000169. The van der Waals surface area contributed by atoms with E-state index in [-0.39, 0.29) is 0 Å². The van der Waals surface area contributed by atoms with Crippen LogP contribution < -0.4 is 16.1 Å². The molecule has 3 rings (SSSR count). The maximum atomic E-state index is 3.92. The van der Waals surface area contributed by atoms with E-state index in [0.717, 1.165) is 31.9 Å². The summed E-state index contributed by atoms with van der Waals surface area (Å²) < 4.78 is 1.80. The van der Waals surface area contributed by atoms with E-state index in [1.54, 1.807) is 17.2 Å². The molecule has 5 nitrogen and oxygen atoms in total. The molecule has 1 saturated heterocycles. The minimum atomic E-state index is 1.05. The molecule has 5 heteroatoms. The van der Waals surface area contributed by atoms with Crippen molar-refractivity contribution in [3.63, 3.8) is 0 Å². The molecule has 0 bridgehead atoms. The molecule has 1 aliphatic rings. The van der Waals surface area contributed by atoms with Gasteiger partial charge in [-0.1, -0.05) is 18.2 Å². The second-order valence-electron chi connectivity index (χ2n) is 3.95. The largest absolute Gasteiger partial charge is 0.314 e. The predicted molar refractivity (Wildman–Crippen MR) is 73.4 cm³/mol. The van der Waals surface area contributed by atoms with Crippen molar-refractivity contribution in [3.8, 4) is 0 Å². The second kappa shape index (κ2) is 7.47. The van der Waals surface area contributed by atoms with Gasteiger partial charge in [-0.05, 0) is 12.1 Å². The number of anilines is 1. The Hall–Kier alpha value is -1.85. The van der Waals surface area contributed by atoms with Crippen molar-refractivity contribution >= 4 is 5.69 Å². The first-order chi connectivity index (χ1) is 8.95. The summed E-state index contributed by atoms with van der Waals surface area (Å²) in [4.78, 5) is 3.92. The zero-order chi connectivity index (χ0) is 12.5. The van der Waals surface area contributed by atoms with Gasteiger partial charge in [0.05, 0.1) is 5.69 Å². The number of nitrogens with one attached hydrogen (secondary N) is 3. The van der Waals surface area contributed by atoms with Crippen molar-refractivity contribution in [2.45, 2.75) is 0 Å². The van der Waals surface area contributed by atoms with Crippen LogP contribution in [-0.2, 0) is 0 Å². The first kappa shape index (κ1) is 12.6. The molecule has 1 aliphatic heterocycles.